The molecule has 2 heterocycles. The molecule has 0 bridgehead atoms. The Morgan fingerprint density at radius 3 is 2.50 bits per heavy atom. The third kappa shape index (κ3) is 4.09. The van der Waals surface area contributed by atoms with Crippen LogP contribution in [0.25, 0.3) is 10.4 Å². The van der Waals surface area contributed by atoms with Crippen LogP contribution in [0.3, 0.4) is 0 Å². The lowest BCUT2D eigenvalue weighted by molar-refractivity contribution is -0.384. The second-order valence-electron chi connectivity index (χ2n) is 7.44. The summed E-state index contributed by atoms with van der Waals surface area (Å²) >= 11 is 1.76. The molecule has 1 fully saturated rings. The van der Waals surface area contributed by atoms with Crippen LogP contribution >= 0.6 is 11.3 Å². The van der Waals surface area contributed by atoms with E-state index in [0.717, 1.165) is 30.0 Å². The molecule has 0 N–H and O–H groups in total. The molecular formula is C23H24N2O2S. The zero-order valence-electron chi connectivity index (χ0n) is 16.1. The molecule has 0 amide bonds. The molecule has 144 valence electrons. The molecule has 2 aromatic carbocycles. The predicted molar refractivity (Wildman–Crippen MR) is 116 cm³/mol. The quantitative estimate of drug-likeness (QED) is 0.383. The average Bonchev–Trinajstić information content (AvgIpc) is 3.14. The largest absolute Gasteiger partial charge is 0.371 e. The molecule has 0 spiro atoms. The Labute approximate surface area is 169 Å². The Kier molecular flexibility index (Phi) is 5.44. The summed E-state index contributed by atoms with van der Waals surface area (Å²) in [5.74, 6) is 0. The van der Waals surface area contributed by atoms with E-state index in [-0.39, 0.29) is 10.6 Å². The van der Waals surface area contributed by atoms with Crippen molar-refractivity contribution in [2.75, 3.05) is 18.0 Å². The van der Waals surface area contributed by atoms with Crippen LogP contribution in [0.2, 0.25) is 0 Å². The van der Waals surface area contributed by atoms with Gasteiger partial charge in [0.25, 0.3) is 5.69 Å². The molecule has 28 heavy (non-hydrogen) atoms. The SMILES string of the molecule is Cc1ccc(Cc2sc(-c3cccc([N+](=O)[O-])c3)cc2N2CCCCC2)cc1. The van der Waals surface area contributed by atoms with Crippen LogP contribution in [0.4, 0.5) is 11.4 Å². The fourth-order valence-corrected chi connectivity index (χ4v) is 4.97. The summed E-state index contributed by atoms with van der Waals surface area (Å²) < 4.78 is 0. The van der Waals surface area contributed by atoms with Crippen LogP contribution in [0.5, 0.6) is 0 Å². The van der Waals surface area contributed by atoms with Gasteiger partial charge < -0.3 is 4.90 Å². The van der Waals surface area contributed by atoms with Gasteiger partial charge in [0, 0.05) is 41.4 Å². The number of anilines is 1. The first-order chi connectivity index (χ1) is 13.6. The van der Waals surface area contributed by atoms with Crippen molar-refractivity contribution >= 4 is 22.7 Å². The lowest BCUT2D eigenvalue weighted by Crippen LogP contribution is -2.29. The molecule has 0 unspecified atom stereocenters. The van der Waals surface area contributed by atoms with E-state index >= 15 is 0 Å². The molecule has 4 rings (SSSR count). The minimum Gasteiger partial charge on any atom is -0.371 e. The van der Waals surface area contributed by atoms with Gasteiger partial charge in [-0.2, -0.15) is 0 Å². The van der Waals surface area contributed by atoms with Crippen LogP contribution in [0.1, 0.15) is 35.3 Å². The van der Waals surface area contributed by atoms with Crippen molar-refractivity contribution in [2.24, 2.45) is 0 Å². The Bertz CT molecular complexity index is 973. The summed E-state index contributed by atoms with van der Waals surface area (Å²) in [4.78, 5) is 15.8. The van der Waals surface area contributed by atoms with Gasteiger partial charge in [-0.3, -0.25) is 10.1 Å². The highest BCUT2D eigenvalue weighted by Gasteiger charge is 2.19. The first-order valence-electron chi connectivity index (χ1n) is 9.78. The van der Waals surface area contributed by atoms with Gasteiger partial charge in [0.1, 0.15) is 0 Å². The second kappa shape index (κ2) is 8.15. The van der Waals surface area contributed by atoms with E-state index in [1.807, 2.05) is 6.07 Å². The fraction of sp³-hybridized carbons (Fsp3) is 0.304. The zero-order chi connectivity index (χ0) is 19.5. The number of non-ortho nitro benzene ring substituents is 1. The summed E-state index contributed by atoms with van der Waals surface area (Å²) in [7, 11) is 0. The van der Waals surface area contributed by atoms with Crippen LogP contribution in [-0.4, -0.2) is 18.0 Å². The third-order valence-corrected chi connectivity index (χ3v) is 6.48. The maximum Gasteiger partial charge on any atom is 0.270 e. The van der Waals surface area contributed by atoms with Crippen molar-refractivity contribution in [1.29, 1.82) is 0 Å². The van der Waals surface area contributed by atoms with Gasteiger partial charge in [0.15, 0.2) is 0 Å². The van der Waals surface area contributed by atoms with Gasteiger partial charge in [0.2, 0.25) is 0 Å². The van der Waals surface area contributed by atoms with Crippen LogP contribution in [-0.2, 0) is 6.42 Å². The molecule has 1 aliphatic rings. The fourth-order valence-electron chi connectivity index (χ4n) is 3.75. The van der Waals surface area contributed by atoms with Gasteiger partial charge in [-0.05, 0) is 43.4 Å². The van der Waals surface area contributed by atoms with E-state index in [9.17, 15) is 10.1 Å². The molecule has 0 saturated carbocycles. The van der Waals surface area contributed by atoms with Crippen molar-refractivity contribution in [3.05, 3.63) is 80.7 Å². The van der Waals surface area contributed by atoms with Crippen molar-refractivity contribution in [3.8, 4) is 10.4 Å². The van der Waals surface area contributed by atoms with Crippen LogP contribution in [0.15, 0.2) is 54.6 Å². The number of thiophene rings is 1. The summed E-state index contributed by atoms with van der Waals surface area (Å²) in [5.41, 5.74) is 4.93. The number of nitro groups is 1. The van der Waals surface area contributed by atoms with Crippen molar-refractivity contribution in [3.63, 3.8) is 0 Å². The molecule has 0 aliphatic carbocycles. The molecule has 5 heteroatoms. The van der Waals surface area contributed by atoms with Gasteiger partial charge in [-0.25, -0.2) is 0 Å². The third-order valence-electron chi connectivity index (χ3n) is 5.31. The van der Waals surface area contributed by atoms with Gasteiger partial charge >= 0.3 is 0 Å². The van der Waals surface area contributed by atoms with Crippen molar-refractivity contribution in [1.82, 2.24) is 0 Å². The number of aryl methyl sites for hydroxylation is 1. The molecule has 4 nitrogen and oxygen atoms in total. The van der Waals surface area contributed by atoms with E-state index < -0.39 is 0 Å². The first-order valence-corrected chi connectivity index (χ1v) is 10.6. The molecule has 0 radical (unpaired) electrons. The maximum absolute atomic E-state index is 11.2. The normalized spacial score (nSPS) is 14.2. The predicted octanol–water partition coefficient (Wildman–Crippen LogP) is 6.21. The van der Waals surface area contributed by atoms with E-state index in [1.54, 1.807) is 29.5 Å². The standard InChI is InChI=1S/C23H24N2O2S/c1-17-8-10-18(11-9-17)14-23-21(24-12-3-2-4-13-24)16-22(28-23)19-6-5-7-20(15-19)25(26)27/h5-11,15-16H,2-4,12-14H2,1H3. The first kappa shape index (κ1) is 18.7. The van der Waals surface area contributed by atoms with Gasteiger partial charge in [-0.1, -0.05) is 42.0 Å². The molecule has 1 saturated heterocycles. The Hall–Kier alpha value is -2.66. The minimum atomic E-state index is -0.324. The summed E-state index contributed by atoms with van der Waals surface area (Å²) in [6.45, 7) is 4.28. The highest BCUT2D eigenvalue weighted by molar-refractivity contribution is 7.16. The number of piperidine rings is 1. The summed E-state index contributed by atoms with van der Waals surface area (Å²) in [6, 6.07) is 17.9. The Morgan fingerprint density at radius 1 is 1.04 bits per heavy atom. The van der Waals surface area contributed by atoms with E-state index in [0.29, 0.717) is 0 Å². The smallest absolute Gasteiger partial charge is 0.270 e. The van der Waals surface area contributed by atoms with Crippen LogP contribution in [0, 0.1) is 17.0 Å². The van der Waals surface area contributed by atoms with E-state index in [1.165, 1.54) is 41.0 Å². The van der Waals surface area contributed by atoms with Crippen LogP contribution < -0.4 is 4.90 Å². The molecule has 1 aliphatic heterocycles. The highest BCUT2D eigenvalue weighted by Crippen LogP contribution is 2.39. The van der Waals surface area contributed by atoms with Gasteiger partial charge in [-0.15, -0.1) is 11.3 Å². The molecule has 1 aromatic heterocycles. The number of rotatable bonds is 5. The maximum atomic E-state index is 11.2. The highest BCUT2D eigenvalue weighted by atomic mass is 32.1. The second-order valence-corrected chi connectivity index (χ2v) is 8.57. The molecule has 3 aromatic rings. The van der Waals surface area contributed by atoms with Crippen molar-refractivity contribution in [2.45, 2.75) is 32.6 Å². The average molecular weight is 393 g/mol. The lowest BCUT2D eigenvalue weighted by atomic mass is 10.1. The van der Waals surface area contributed by atoms with Gasteiger partial charge in [0.05, 0.1) is 10.6 Å². The Morgan fingerprint density at radius 2 is 1.79 bits per heavy atom. The number of nitrogens with zero attached hydrogens (tertiary/aromatic N) is 2. The zero-order valence-corrected chi connectivity index (χ0v) is 16.9. The van der Waals surface area contributed by atoms with E-state index in [2.05, 4.69) is 42.2 Å². The topological polar surface area (TPSA) is 46.4 Å². The molecule has 0 atom stereocenters. The summed E-state index contributed by atoms with van der Waals surface area (Å²) in [5, 5.41) is 11.2. The monoisotopic (exact) mass is 392 g/mol. The minimum absolute atomic E-state index is 0.144. The molecular weight excluding hydrogens is 368 g/mol. The van der Waals surface area contributed by atoms with Crippen molar-refractivity contribution < 1.29 is 4.92 Å². The number of hydrogen-bond acceptors (Lipinski definition) is 4. The lowest BCUT2D eigenvalue weighted by Gasteiger charge is -2.29. The number of nitro benzene ring substituents is 1. The summed E-state index contributed by atoms with van der Waals surface area (Å²) in [6.07, 6.45) is 4.65. The van der Waals surface area contributed by atoms with E-state index in [4.69, 9.17) is 0 Å². The number of benzene rings is 2. The Balaban J connectivity index is 1.71. The number of hydrogen-bond donors (Lipinski definition) is 0.